The Morgan fingerprint density at radius 3 is 1.30 bits per heavy atom. The van der Waals surface area contributed by atoms with Crippen LogP contribution in [0.2, 0.25) is 0 Å². The molecule has 2 aliphatic rings. The van der Waals surface area contributed by atoms with Crippen molar-refractivity contribution in [2.45, 2.75) is 225 Å². The first-order valence-electron chi connectivity index (χ1n) is 20.6. The van der Waals surface area contributed by atoms with E-state index in [1.54, 1.807) is 0 Å². The lowest BCUT2D eigenvalue weighted by atomic mass is 9.87. The molecule has 0 N–H and O–H groups in total. The Morgan fingerprint density at radius 1 is 0.457 bits per heavy atom. The van der Waals surface area contributed by atoms with Gasteiger partial charge in [-0.3, -0.25) is 0 Å². The molecule has 0 aromatic carbocycles. The Balaban J connectivity index is 1.53. The Labute approximate surface area is 288 Å². The van der Waals surface area contributed by atoms with Gasteiger partial charge < -0.3 is 9.47 Å². The van der Waals surface area contributed by atoms with E-state index in [9.17, 15) is 0 Å². The molecule has 1 saturated heterocycles. The molecular weight excluding hydrogens is 560 g/mol. The smallest absolute Gasteiger partial charge is 0.169 e. The highest BCUT2D eigenvalue weighted by Gasteiger charge is 2.48. The van der Waals surface area contributed by atoms with Crippen molar-refractivity contribution in [3.05, 3.63) is 48.6 Å². The first kappa shape index (κ1) is 41.1. The summed E-state index contributed by atoms with van der Waals surface area (Å²) in [6.45, 7) is 6.94. The maximum absolute atomic E-state index is 6.82. The first-order valence-corrected chi connectivity index (χ1v) is 20.6. The van der Waals surface area contributed by atoms with Crippen molar-refractivity contribution in [2.24, 2.45) is 5.92 Å². The maximum Gasteiger partial charge on any atom is 0.169 e. The van der Waals surface area contributed by atoms with E-state index in [0.29, 0.717) is 12.2 Å². The van der Waals surface area contributed by atoms with E-state index >= 15 is 0 Å². The number of hydrogen-bond donors (Lipinski definition) is 0. The molecule has 1 heterocycles. The molecule has 0 amide bonds. The summed E-state index contributed by atoms with van der Waals surface area (Å²) in [5.41, 5.74) is 0. The molecule has 46 heavy (non-hydrogen) atoms. The van der Waals surface area contributed by atoms with Crippen LogP contribution >= 0.6 is 0 Å². The molecule has 0 spiro atoms. The average Bonchev–Trinajstić information content (AvgIpc) is 3.41. The summed E-state index contributed by atoms with van der Waals surface area (Å²) in [6, 6.07) is 0. The number of allylic oxidation sites excluding steroid dienone is 8. The van der Waals surface area contributed by atoms with Crippen molar-refractivity contribution < 1.29 is 9.47 Å². The predicted octanol–water partition coefficient (Wildman–Crippen LogP) is 14.7. The van der Waals surface area contributed by atoms with Crippen molar-refractivity contribution in [1.29, 1.82) is 0 Å². The number of ether oxygens (including phenoxy) is 2. The molecule has 1 aliphatic heterocycles. The fourth-order valence-electron chi connectivity index (χ4n) is 7.27. The van der Waals surface area contributed by atoms with Gasteiger partial charge in [0.05, 0.1) is 12.2 Å². The van der Waals surface area contributed by atoms with Crippen LogP contribution in [-0.4, -0.2) is 18.0 Å². The van der Waals surface area contributed by atoms with E-state index in [1.807, 2.05) is 0 Å². The second-order valence-corrected chi connectivity index (χ2v) is 14.8. The van der Waals surface area contributed by atoms with E-state index in [4.69, 9.17) is 9.47 Å². The van der Waals surface area contributed by atoms with Gasteiger partial charge in [0.2, 0.25) is 0 Å². The SMILES string of the molecule is CCCCC/C=C\C/C=C\CCCCCCCCC1(CCCCCCCC/C=C\C/C=C\CCCCC)O[C@@H]2CC[C@@H](C)C[C@H]2O1. The van der Waals surface area contributed by atoms with Crippen molar-refractivity contribution in [1.82, 2.24) is 0 Å². The summed E-state index contributed by atoms with van der Waals surface area (Å²) in [5.74, 6) is 0.494. The van der Waals surface area contributed by atoms with Gasteiger partial charge in [-0.05, 0) is 102 Å². The van der Waals surface area contributed by atoms with Gasteiger partial charge in [-0.25, -0.2) is 0 Å². The number of unbranched alkanes of at least 4 members (excludes halogenated alkanes) is 18. The Hall–Kier alpha value is -1.12. The number of rotatable bonds is 30. The van der Waals surface area contributed by atoms with E-state index in [1.165, 1.54) is 161 Å². The second kappa shape index (κ2) is 28.9. The van der Waals surface area contributed by atoms with E-state index in [2.05, 4.69) is 69.4 Å². The normalized spacial score (nSPS) is 21.5. The van der Waals surface area contributed by atoms with Crippen molar-refractivity contribution in [3.8, 4) is 0 Å². The highest BCUT2D eigenvalue weighted by molar-refractivity contribution is 4.94. The minimum Gasteiger partial charge on any atom is -0.344 e. The lowest BCUT2D eigenvalue weighted by Crippen LogP contribution is -2.31. The van der Waals surface area contributed by atoms with Gasteiger partial charge in [0, 0.05) is 12.8 Å². The van der Waals surface area contributed by atoms with Crippen LogP contribution < -0.4 is 0 Å². The van der Waals surface area contributed by atoms with Crippen LogP contribution in [0.4, 0.5) is 0 Å². The third-order valence-corrected chi connectivity index (χ3v) is 10.2. The lowest BCUT2D eigenvalue weighted by Gasteiger charge is -2.28. The topological polar surface area (TPSA) is 18.5 Å². The largest absolute Gasteiger partial charge is 0.344 e. The zero-order valence-electron chi connectivity index (χ0n) is 31.2. The third-order valence-electron chi connectivity index (χ3n) is 10.2. The lowest BCUT2D eigenvalue weighted by molar-refractivity contribution is -0.186. The quantitative estimate of drug-likeness (QED) is 0.0575. The molecule has 266 valence electrons. The minimum atomic E-state index is -0.288. The molecule has 2 rings (SSSR count). The van der Waals surface area contributed by atoms with E-state index in [-0.39, 0.29) is 5.79 Å². The molecular formula is C44H78O2. The van der Waals surface area contributed by atoms with Gasteiger partial charge in [0.1, 0.15) is 0 Å². The van der Waals surface area contributed by atoms with Gasteiger partial charge in [-0.15, -0.1) is 0 Å². The van der Waals surface area contributed by atoms with E-state index in [0.717, 1.165) is 31.6 Å². The Morgan fingerprint density at radius 2 is 0.848 bits per heavy atom. The highest BCUT2D eigenvalue weighted by Crippen LogP contribution is 2.44. The van der Waals surface area contributed by atoms with Gasteiger partial charge in [-0.1, -0.05) is 146 Å². The highest BCUT2D eigenvalue weighted by atomic mass is 16.8. The first-order chi connectivity index (χ1) is 22.7. The van der Waals surface area contributed by atoms with Gasteiger partial charge in [0.15, 0.2) is 5.79 Å². The Kier molecular flexibility index (Phi) is 25.7. The van der Waals surface area contributed by atoms with Crippen LogP contribution in [0, 0.1) is 5.92 Å². The van der Waals surface area contributed by atoms with Crippen LogP contribution in [0.25, 0.3) is 0 Å². The molecule has 0 radical (unpaired) electrons. The monoisotopic (exact) mass is 639 g/mol. The summed E-state index contributed by atoms with van der Waals surface area (Å²) in [5, 5.41) is 0. The summed E-state index contributed by atoms with van der Waals surface area (Å²) in [6.07, 6.45) is 56.7. The maximum atomic E-state index is 6.82. The number of fused-ring (bicyclic) bond motifs is 1. The van der Waals surface area contributed by atoms with Crippen molar-refractivity contribution in [3.63, 3.8) is 0 Å². The third kappa shape index (κ3) is 21.0. The zero-order chi connectivity index (χ0) is 32.8. The molecule has 2 heteroatoms. The molecule has 2 nitrogen and oxygen atoms in total. The molecule has 2 fully saturated rings. The zero-order valence-corrected chi connectivity index (χ0v) is 31.2. The van der Waals surface area contributed by atoms with Crippen LogP contribution in [0.5, 0.6) is 0 Å². The van der Waals surface area contributed by atoms with Crippen molar-refractivity contribution in [2.75, 3.05) is 0 Å². The average molecular weight is 639 g/mol. The molecule has 1 saturated carbocycles. The Bertz CT molecular complexity index is 744. The molecule has 0 bridgehead atoms. The summed E-state index contributed by atoms with van der Waals surface area (Å²) in [7, 11) is 0. The fourth-order valence-corrected chi connectivity index (χ4v) is 7.27. The second-order valence-electron chi connectivity index (χ2n) is 14.8. The van der Waals surface area contributed by atoms with Gasteiger partial charge in [-0.2, -0.15) is 0 Å². The summed E-state index contributed by atoms with van der Waals surface area (Å²) in [4.78, 5) is 0. The summed E-state index contributed by atoms with van der Waals surface area (Å²) < 4.78 is 13.6. The molecule has 0 aromatic rings. The van der Waals surface area contributed by atoms with Crippen LogP contribution in [0.15, 0.2) is 48.6 Å². The van der Waals surface area contributed by atoms with Crippen molar-refractivity contribution >= 4 is 0 Å². The fraction of sp³-hybridized carbons (Fsp3) is 0.818. The molecule has 0 unspecified atom stereocenters. The summed E-state index contributed by atoms with van der Waals surface area (Å²) >= 11 is 0. The van der Waals surface area contributed by atoms with Gasteiger partial charge in [0.25, 0.3) is 0 Å². The van der Waals surface area contributed by atoms with Crippen LogP contribution in [-0.2, 0) is 9.47 Å². The van der Waals surface area contributed by atoms with E-state index < -0.39 is 0 Å². The molecule has 0 aromatic heterocycles. The molecule has 3 atom stereocenters. The predicted molar refractivity (Wildman–Crippen MR) is 203 cm³/mol. The van der Waals surface area contributed by atoms with Crippen LogP contribution in [0.3, 0.4) is 0 Å². The standard InChI is InChI=1S/C44H78O2/c1-4-6-8-10-12-14-16-18-20-22-24-26-28-30-32-34-38-44(45-42-37-36-41(3)40-43(42)46-44)39-35-33-31-29-27-25-23-21-19-17-15-13-11-9-7-5-2/h12-15,18-21,41-43H,4-11,16-17,22-40H2,1-3H3/b14-12-,15-13-,20-18-,21-19-/t41-,42-,43-/m1/s1. The van der Waals surface area contributed by atoms with Crippen LogP contribution in [0.1, 0.15) is 207 Å². The van der Waals surface area contributed by atoms with Gasteiger partial charge >= 0.3 is 0 Å². The number of hydrogen-bond acceptors (Lipinski definition) is 2. The minimum absolute atomic E-state index is 0.288. The molecule has 1 aliphatic carbocycles.